The highest BCUT2D eigenvalue weighted by Crippen LogP contribution is 2.34. The van der Waals surface area contributed by atoms with Crippen LogP contribution in [0.1, 0.15) is 40.2 Å². The average molecular weight is 346 g/mol. The first-order valence-corrected chi connectivity index (χ1v) is 8.32. The Hall–Kier alpha value is -3.33. The van der Waals surface area contributed by atoms with Crippen LogP contribution in [0.25, 0.3) is 11.3 Å². The highest BCUT2D eigenvalue weighted by atomic mass is 19.1. The van der Waals surface area contributed by atoms with Crippen molar-refractivity contribution < 1.29 is 9.18 Å². The first kappa shape index (κ1) is 16.2. The Balaban J connectivity index is 1.89. The van der Waals surface area contributed by atoms with Gasteiger partial charge in [-0.1, -0.05) is 6.08 Å². The van der Waals surface area contributed by atoms with Gasteiger partial charge in [0.1, 0.15) is 17.6 Å². The first-order chi connectivity index (χ1) is 12.6. The summed E-state index contributed by atoms with van der Waals surface area (Å²) in [5.41, 5.74) is 5.59. The number of rotatable bonds is 3. The number of allylic oxidation sites excluding steroid dienone is 3. The Kier molecular flexibility index (Phi) is 3.85. The number of aliphatic imine (C=N–C) groups is 1. The van der Waals surface area contributed by atoms with Gasteiger partial charge in [0.2, 0.25) is 0 Å². The van der Waals surface area contributed by atoms with Gasteiger partial charge in [-0.3, -0.25) is 9.79 Å². The molecule has 1 aliphatic carbocycles. The molecule has 0 bridgehead atoms. The smallest absolute Gasteiger partial charge is 0.170 e. The number of aromatic nitrogens is 2. The van der Waals surface area contributed by atoms with Crippen LogP contribution in [0.3, 0.4) is 0 Å². The van der Waals surface area contributed by atoms with Crippen LogP contribution in [0.15, 0.2) is 40.9 Å². The predicted molar refractivity (Wildman–Crippen MR) is 96.0 cm³/mol. The number of fused-ring (bicyclic) bond motifs is 1. The molecule has 0 unspecified atom stereocenters. The fraction of sp³-hybridized carbons (Fsp3) is 0.200. The van der Waals surface area contributed by atoms with Gasteiger partial charge < -0.3 is 0 Å². The summed E-state index contributed by atoms with van der Waals surface area (Å²) < 4.78 is 15.7. The lowest BCUT2D eigenvalue weighted by atomic mass is 9.90. The predicted octanol–water partition coefficient (Wildman–Crippen LogP) is 3.56. The summed E-state index contributed by atoms with van der Waals surface area (Å²) in [4.78, 5) is 15.9. The highest BCUT2D eigenvalue weighted by molar-refractivity contribution is 6.08. The van der Waals surface area contributed by atoms with Gasteiger partial charge in [-0.05, 0) is 49.1 Å². The summed E-state index contributed by atoms with van der Waals surface area (Å²) in [5, 5.41) is 13.3. The fourth-order valence-electron chi connectivity index (χ4n) is 3.44. The normalized spacial score (nSPS) is 15.7. The van der Waals surface area contributed by atoms with E-state index < -0.39 is 5.82 Å². The molecule has 0 saturated heterocycles. The quantitative estimate of drug-likeness (QED) is 0.798. The summed E-state index contributed by atoms with van der Waals surface area (Å²) in [6.07, 6.45) is 6.47. The van der Waals surface area contributed by atoms with Crippen LogP contribution in [0.4, 0.5) is 4.39 Å². The van der Waals surface area contributed by atoms with E-state index in [2.05, 4.69) is 22.2 Å². The number of carbonyl (C=O) groups is 1. The third kappa shape index (κ3) is 2.49. The topological polar surface area (TPSA) is 71.0 Å². The van der Waals surface area contributed by atoms with E-state index in [4.69, 9.17) is 5.26 Å². The van der Waals surface area contributed by atoms with Gasteiger partial charge in [-0.2, -0.15) is 10.4 Å². The van der Waals surface area contributed by atoms with Crippen LogP contribution in [0, 0.1) is 24.1 Å². The van der Waals surface area contributed by atoms with Gasteiger partial charge in [0, 0.05) is 17.3 Å². The van der Waals surface area contributed by atoms with Gasteiger partial charge in [0.05, 0.1) is 23.5 Å². The van der Waals surface area contributed by atoms with Crippen molar-refractivity contribution in [3.05, 3.63) is 64.3 Å². The van der Waals surface area contributed by atoms with E-state index in [0.29, 0.717) is 24.2 Å². The van der Waals surface area contributed by atoms with E-state index in [9.17, 15) is 9.18 Å². The molecule has 128 valence electrons. The number of hydrogen-bond donors (Lipinski definition) is 0. The van der Waals surface area contributed by atoms with Crippen LogP contribution < -0.4 is 0 Å². The van der Waals surface area contributed by atoms with Crippen LogP contribution in [-0.2, 0) is 0 Å². The van der Waals surface area contributed by atoms with Crippen molar-refractivity contribution in [1.82, 2.24) is 9.78 Å². The second kappa shape index (κ2) is 6.19. The molecular formula is C20H15FN4O. The Morgan fingerprint density at radius 1 is 1.35 bits per heavy atom. The molecule has 1 aliphatic heterocycles. The lowest BCUT2D eigenvalue weighted by Gasteiger charge is -2.18. The molecular weight excluding hydrogens is 331 g/mol. The van der Waals surface area contributed by atoms with E-state index in [0.717, 1.165) is 41.0 Å². The molecule has 5 nitrogen and oxygen atoms in total. The molecule has 6 heteroatoms. The molecule has 26 heavy (non-hydrogen) atoms. The van der Waals surface area contributed by atoms with Gasteiger partial charge in [-0.15, -0.1) is 0 Å². The highest BCUT2D eigenvalue weighted by Gasteiger charge is 2.24. The number of aldehydes is 1. The number of nitrogens with zero attached hydrogens (tertiary/aromatic N) is 4. The molecule has 0 radical (unpaired) electrons. The maximum Gasteiger partial charge on any atom is 0.170 e. The minimum Gasteiger partial charge on any atom is -0.296 e. The van der Waals surface area contributed by atoms with Crippen LogP contribution >= 0.6 is 0 Å². The number of benzene rings is 1. The van der Waals surface area contributed by atoms with Gasteiger partial charge in [0.15, 0.2) is 6.29 Å². The second-order valence-corrected chi connectivity index (χ2v) is 6.28. The molecule has 1 aromatic carbocycles. The molecule has 2 aliphatic rings. The van der Waals surface area contributed by atoms with Crippen LogP contribution in [-0.4, -0.2) is 28.3 Å². The zero-order chi connectivity index (χ0) is 18.3. The third-order valence-electron chi connectivity index (χ3n) is 4.78. The molecule has 0 amide bonds. The van der Waals surface area contributed by atoms with E-state index in [1.807, 2.05) is 13.0 Å². The minimum absolute atomic E-state index is 0.0244. The molecule has 0 N–H and O–H groups in total. The molecule has 0 atom stereocenters. The number of halogens is 1. The second-order valence-electron chi connectivity index (χ2n) is 6.28. The van der Waals surface area contributed by atoms with Crippen molar-refractivity contribution in [3.63, 3.8) is 0 Å². The third-order valence-corrected chi connectivity index (χ3v) is 4.78. The molecule has 0 saturated carbocycles. The van der Waals surface area contributed by atoms with Crippen molar-refractivity contribution in [2.24, 2.45) is 4.99 Å². The van der Waals surface area contributed by atoms with Crippen molar-refractivity contribution in [1.29, 1.82) is 5.26 Å². The molecule has 0 spiro atoms. The summed E-state index contributed by atoms with van der Waals surface area (Å²) >= 11 is 0. The van der Waals surface area contributed by atoms with Crippen LogP contribution in [0.2, 0.25) is 0 Å². The summed E-state index contributed by atoms with van der Waals surface area (Å²) in [6, 6.07) is 6.14. The SMILES string of the molecule is Cc1c(C=O)nn(-c2ccc(C#N)c(F)c2)c1C1=CC2=CCN=C2CC1. The Morgan fingerprint density at radius 2 is 2.19 bits per heavy atom. The maximum absolute atomic E-state index is 14.1. The molecule has 0 fully saturated rings. The van der Waals surface area contributed by atoms with Crippen molar-refractivity contribution in [2.75, 3.05) is 6.54 Å². The van der Waals surface area contributed by atoms with E-state index in [-0.39, 0.29) is 5.56 Å². The standard InChI is InChI=1S/C20H15FN4O/c1-12-19(11-26)24-25(16-4-2-15(10-22)17(21)9-16)20(12)14-3-5-18-13(8-14)6-7-23-18/h2,4,6,8-9,11H,3,5,7H2,1H3. The minimum atomic E-state index is -0.609. The first-order valence-electron chi connectivity index (χ1n) is 8.32. The number of carbonyl (C=O) groups excluding carboxylic acids is 1. The van der Waals surface area contributed by atoms with Gasteiger partial charge in [-0.25, -0.2) is 9.07 Å². The van der Waals surface area contributed by atoms with Crippen molar-refractivity contribution in [3.8, 4) is 11.8 Å². The van der Waals surface area contributed by atoms with Crippen LogP contribution in [0.5, 0.6) is 0 Å². The molecule has 1 aromatic heterocycles. The zero-order valence-corrected chi connectivity index (χ0v) is 14.2. The van der Waals surface area contributed by atoms with E-state index in [1.54, 1.807) is 10.7 Å². The summed E-state index contributed by atoms with van der Waals surface area (Å²) in [5.74, 6) is -0.609. The molecule has 2 aromatic rings. The lowest BCUT2D eigenvalue weighted by Crippen LogP contribution is -2.09. The molecule has 2 heterocycles. The zero-order valence-electron chi connectivity index (χ0n) is 14.2. The Labute approximate surface area is 149 Å². The summed E-state index contributed by atoms with van der Waals surface area (Å²) in [6.45, 7) is 2.54. The number of nitriles is 1. The maximum atomic E-state index is 14.1. The Morgan fingerprint density at radius 3 is 2.92 bits per heavy atom. The number of hydrogen-bond acceptors (Lipinski definition) is 4. The van der Waals surface area contributed by atoms with E-state index in [1.165, 1.54) is 12.1 Å². The van der Waals surface area contributed by atoms with E-state index >= 15 is 0 Å². The Bertz CT molecular complexity index is 1070. The lowest BCUT2D eigenvalue weighted by molar-refractivity contribution is 0.111. The van der Waals surface area contributed by atoms with Crippen molar-refractivity contribution in [2.45, 2.75) is 19.8 Å². The fourth-order valence-corrected chi connectivity index (χ4v) is 3.44. The largest absolute Gasteiger partial charge is 0.296 e. The molecule has 4 rings (SSSR count). The van der Waals surface area contributed by atoms with Crippen molar-refractivity contribution >= 4 is 17.6 Å². The van der Waals surface area contributed by atoms with Gasteiger partial charge in [0.25, 0.3) is 0 Å². The average Bonchev–Trinajstić information content (AvgIpc) is 3.24. The summed E-state index contributed by atoms with van der Waals surface area (Å²) in [7, 11) is 0. The van der Waals surface area contributed by atoms with Gasteiger partial charge >= 0.3 is 0 Å². The monoisotopic (exact) mass is 346 g/mol.